The first-order valence-electron chi connectivity index (χ1n) is 6.80. The van der Waals surface area contributed by atoms with Crippen LogP contribution < -0.4 is 0 Å². The first-order chi connectivity index (χ1) is 9.29. The number of likely N-dealkylation sites (N-methyl/N-ethyl adjacent to an activating group) is 1. The van der Waals surface area contributed by atoms with Gasteiger partial charge in [0.15, 0.2) is 0 Å². The Morgan fingerprint density at radius 3 is 2.50 bits per heavy atom. The van der Waals surface area contributed by atoms with E-state index in [1.165, 1.54) is 12.1 Å². The summed E-state index contributed by atoms with van der Waals surface area (Å²) in [6.07, 6.45) is -2.65. The Hall–Kier alpha value is -1.07. The summed E-state index contributed by atoms with van der Waals surface area (Å²) in [5.41, 5.74) is 0.126. The highest BCUT2D eigenvalue weighted by atomic mass is 19.4. The van der Waals surface area contributed by atoms with Crippen LogP contribution in [-0.4, -0.2) is 36.2 Å². The lowest BCUT2D eigenvalue weighted by molar-refractivity contribution is -0.137. The Labute approximate surface area is 117 Å². The third-order valence-corrected chi connectivity index (χ3v) is 4.13. The standard InChI is InChI=1S/C15H20F3NO/c1-19(2)13-9-11(6-7-14(13)20)10-4-3-5-12(8-10)15(16,17)18/h3-5,8,11,13-14,20H,6-7,9H2,1-2H3. The van der Waals surface area contributed by atoms with Crippen LogP contribution in [0.4, 0.5) is 13.2 Å². The molecule has 0 aliphatic heterocycles. The van der Waals surface area contributed by atoms with Gasteiger partial charge in [-0.15, -0.1) is 0 Å². The van der Waals surface area contributed by atoms with Crippen molar-refractivity contribution in [1.29, 1.82) is 0 Å². The highest BCUT2D eigenvalue weighted by Crippen LogP contribution is 2.37. The van der Waals surface area contributed by atoms with Gasteiger partial charge in [-0.1, -0.05) is 18.2 Å². The quantitative estimate of drug-likeness (QED) is 0.902. The molecule has 0 bridgehead atoms. The highest BCUT2D eigenvalue weighted by Gasteiger charge is 2.34. The van der Waals surface area contributed by atoms with Crippen molar-refractivity contribution in [2.75, 3.05) is 14.1 Å². The summed E-state index contributed by atoms with van der Waals surface area (Å²) >= 11 is 0. The summed E-state index contributed by atoms with van der Waals surface area (Å²) in [5, 5.41) is 9.97. The fraction of sp³-hybridized carbons (Fsp3) is 0.600. The maximum absolute atomic E-state index is 12.8. The fourth-order valence-electron chi connectivity index (χ4n) is 2.96. The third-order valence-electron chi connectivity index (χ3n) is 4.13. The van der Waals surface area contributed by atoms with Crippen LogP contribution in [0.2, 0.25) is 0 Å². The minimum atomic E-state index is -4.30. The topological polar surface area (TPSA) is 23.5 Å². The summed E-state index contributed by atoms with van der Waals surface area (Å²) < 4.78 is 38.3. The lowest BCUT2D eigenvalue weighted by Crippen LogP contribution is -2.43. The molecule has 0 saturated heterocycles. The first kappa shape index (κ1) is 15.3. The van der Waals surface area contributed by atoms with Crippen molar-refractivity contribution in [2.24, 2.45) is 0 Å². The van der Waals surface area contributed by atoms with Crippen molar-refractivity contribution >= 4 is 0 Å². The van der Waals surface area contributed by atoms with Gasteiger partial charge in [-0.25, -0.2) is 0 Å². The molecular formula is C15H20F3NO. The predicted octanol–water partition coefficient (Wildman–Crippen LogP) is 3.26. The van der Waals surface area contributed by atoms with Gasteiger partial charge in [0.05, 0.1) is 11.7 Å². The molecule has 0 spiro atoms. The van der Waals surface area contributed by atoms with Crippen LogP contribution in [0.3, 0.4) is 0 Å². The zero-order valence-corrected chi connectivity index (χ0v) is 11.7. The molecule has 3 unspecified atom stereocenters. The molecule has 2 nitrogen and oxygen atoms in total. The summed E-state index contributed by atoms with van der Waals surface area (Å²) in [6, 6.07) is 5.57. The smallest absolute Gasteiger partial charge is 0.391 e. The van der Waals surface area contributed by atoms with Crippen LogP contribution in [0.5, 0.6) is 0 Å². The van der Waals surface area contributed by atoms with E-state index in [0.29, 0.717) is 12.8 Å². The number of halogens is 3. The zero-order chi connectivity index (χ0) is 14.9. The number of aliphatic hydroxyl groups is 1. The van der Waals surface area contributed by atoms with Crippen molar-refractivity contribution < 1.29 is 18.3 Å². The Morgan fingerprint density at radius 2 is 1.90 bits per heavy atom. The molecule has 3 atom stereocenters. The molecule has 1 saturated carbocycles. The minimum Gasteiger partial charge on any atom is -0.391 e. The second-order valence-corrected chi connectivity index (χ2v) is 5.73. The number of alkyl halides is 3. The second-order valence-electron chi connectivity index (χ2n) is 5.73. The summed E-state index contributed by atoms with van der Waals surface area (Å²) in [4.78, 5) is 1.95. The maximum Gasteiger partial charge on any atom is 0.416 e. The predicted molar refractivity (Wildman–Crippen MR) is 71.5 cm³/mol. The molecule has 1 aromatic rings. The largest absolute Gasteiger partial charge is 0.416 e. The van der Waals surface area contributed by atoms with E-state index in [2.05, 4.69) is 0 Å². The van der Waals surface area contributed by atoms with Gasteiger partial charge in [-0.3, -0.25) is 0 Å². The molecule has 1 fully saturated rings. The SMILES string of the molecule is CN(C)C1CC(c2cccc(C(F)(F)F)c2)CCC1O. The Kier molecular flexibility index (Phi) is 4.39. The summed E-state index contributed by atoms with van der Waals surface area (Å²) in [5.74, 6) is 0.0769. The molecule has 0 radical (unpaired) electrons. The van der Waals surface area contributed by atoms with Gasteiger partial charge in [0.1, 0.15) is 0 Å². The molecule has 0 aromatic heterocycles. The number of benzene rings is 1. The van der Waals surface area contributed by atoms with E-state index in [4.69, 9.17) is 0 Å². The summed E-state index contributed by atoms with van der Waals surface area (Å²) in [7, 11) is 3.78. The van der Waals surface area contributed by atoms with Crippen LogP contribution in [0.15, 0.2) is 24.3 Å². The normalized spacial score (nSPS) is 27.9. The molecule has 112 valence electrons. The Morgan fingerprint density at radius 1 is 1.20 bits per heavy atom. The lowest BCUT2D eigenvalue weighted by atomic mass is 9.79. The first-order valence-corrected chi connectivity index (χ1v) is 6.80. The number of hydrogen-bond acceptors (Lipinski definition) is 2. The molecule has 1 aliphatic rings. The third kappa shape index (κ3) is 3.33. The second kappa shape index (κ2) is 5.74. The number of hydrogen-bond donors (Lipinski definition) is 1. The maximum atomic E-state index is 12.8. The van der Waals surface area contributed by atoms with Gasteiger partial charge < -0.3 is 10.0 Å². The van der Waals surface area contributed by atoms with Crippen molar-refractivity contribution in [3.63, 3.8) is 0 Å². The van der Waals surface area contributed by atoms with E-state index in [0.717, 1.165) is 18.1 Å². The van der Waals surface area contributed by atoms with Gasteiger partial charge in [-0.05, 0) is 50.9 Å². The molecule has 0 amide bonds. The average molecular weight is 287 g/mol. The Bertz CT molecular complexity index is 459. The van der Waals surface area contributed by atoms with Gasteiger partial charge in [0.2, 0.25) is 0 Å². The lowest BCUT2D eigenvalue weighted by Gasteiger charge is -2.37. The van der Waals surface area contributed by atoms with E-state index in [-0.39, 0.29) is 12.0 Å². The van der Waals surface area contributed by atoms with Crippen molar-refractivity contribution in [3.05, 3.63) is 35.4 Å². The molecule has 1 aromatic carbocycles. The highest BCUT2D eigenvalue weighted by molar-refractivity contribution is 5.29. The molecule has 2 rings (SSSR count). The van der Waals surface area contributed by atoms with E-state index in [9.17, 15) is 18.3 Å². The van der Waals surface area contributed by atoms with Gasteiger partial charge >= 0.3 is 6.18 Å². The number of nitrogens with zero attached hydrogens (tertiary/aromatic N) is 1. The van der Waals surface area contributed by atoms with E-state index >= 15 is 0 Å². The van der Waals surface area contributed by atoms with Gasteiger partial charge in [0, 0.05) is 6.04 Å². The van der Waals surface area contributed by atoms with E-state index in [1.54, 1.807) is 6.07 Å². The van der Waals surface area contributed by atoms with Crippen LogP contribution in [-0.2, 0) is 6.18 Å². The van der Waals surface area contributed by atoms with Gasteiger partial charge in [-0.2, -0.15) is 13.2 Å². The number of rotatable bonds is 2. The fourth-order valence-corrected chi connectivity index (χ4v) is 2.96. The van der Waals surface area contributed by atoms with E-state index < -0.39 is 17.8 Å². The average Bonchev–Trinajstić information content (AvgIpc) is 2.38. The molecule has 1 N–H and O–H groups in total. The van der Waals surface area contributed by atoms with Crippen molar-refractivity contribution in [1.82, 2.24) is 4.90 Å². The van der Waals surface area contributed by atoms with Crippen molar-refractivity contribution in [3.8, 4) is 0 Å². The monoisotopic (exact) mass is 287 g/mol. The van der Waals surface area contributed by atoms with Crippen LogP contribution in [0.25, 0.3) is 0 Å². The molecule has 20 heavy (non-hydrogen) atoms. The van der Waals surface area contributed by atoms with Crippen molar-refractivity contribution in [2.45, 2.75) is 43.5 Å². The zero-order valence-electron chi connectivity index (χ0n) is 11.7. The molecule has 1 aliphatic carbocycles. The molecule has 5 heteroatoms. The molecule has 0 heterocycles. The minimum absolute atomic E-state index is 0.00305. The van der Waals surface area contributed by atoms with Crippen LogP contribution in [0.1, 0.15) is 36.3 Å². The number of aliphatic hydroxyl groups excluding tert-OH is 1. The molecular weight excluding hydrogens is 267 g/mol. The van der Waals surface area contributed by atoms with Gasteiger partial charge in [0.25, 0.3) is 0 Å². The van der Waals surface area contributed by atoms with Crippen LogP contribution in [0, 0.1) is 0 Å². The Balaban J connectivity index is 2.20. The van der Waals surface area contributed by atoms with Crippen LogP contribution >= 0.6 is 0 Å². The summed E-state index contributed by atoms with van der Waals surface area (Å²) in [6.45, 7) is 0. The van der Waals surface area contributed by atoms with E-state index in [1.807, 2.05) is 19.0 Å².